The fourth-order valence-corrected chi connectivity index (χ4v) is 2.17. The molecule has 10 heteroatoms. The predicted molar refractivity (Wildman–Crippen MR) is 90.1 cm³/mol. The highest BCUT2D eigenvalue weighted by molar-refractivity contribution is 5.88. The standard InChI is InChI=1S/C18H18F4N2O4/c1-3-26-15(18(20,21)22)11-28-14-7-5-6-12(16(14)19)9-24-10-13(8-23-24)17(25)27-4-2/h5-8,10-11H,3-4,9H2,1-2H3/b15-11-. The van der Waals surface area contributed by atoms with Crippen molar-refractivity contribution >= 4 is 5.97 Å². The summed E-state index contributed by atoms with van der Waals surface area (Å²) in [6.45, 7) is 2.96. The van der Waals surface area contributed by atoms with E-state index in [0.29, 0.717) is 6.26 Å². The van der Waals surface area contributed by atoms with Crippen LogP contribution in [0, 0.1) is 5.82 Å². The molecule has 0 aliphatic carbocycles. The molecule has 0 spiro atoms. The van der Waals surface area contributed by atoms with Gasteiger partial charge in [0.2, 0.25) is 5.76 Å². The molecule has 6 nitrogen and oxygen atoms in total. The summed E-state index contributed by atoms with van der Waals surface area (Å²) in [6.07, 6.45) is -1.79. The molecule has 0 aliphatic rings. The molecule has 0 fully saturated rings. The molecule has 28 heavy (non-hydrogen) atoms. The maximum absolute atomic E-state index is 14.6. The van der Waals surface area contributed by atoms with Gasteiger partial charge >= 0.3 is 12.1 Å². The quantitative estimate of drug-likeness (QED) is 0.379. The number of alkyl halides is 3. The third kappa shape index (κ3) is 5.48. The van der Waals surface area contributed by atoms with Gasteiger partial charge in [-0.05, 0) is 19.9 Å². The average molecular weight is 402 g/mol. The van der Waals surface area contributed by atoms with Gasteiger partial charge in [0, 0.05) is 11.8 Å². The third-order valence-electron chi connectivity index (χ3n) is 3.39. The Labute approximate surface area is 158 Å². The minimum Gasteiger partial charge on any atom is -0.487 e. The highest BCUT2D eigenvalue weighted by atomic mass is 19.4. The van der Waals surface area contributed by atoms with Crippen molar-refractivity contribution in [3.05, 3.63) is 59.6 Å². The fraction of sp³-hybridized carbons (Fsp3) is 0.333. The van der Waals surface area contributed by atoms with Crippen LogP contribution >= 0.6 is 0 Å². The van der Waals surface area contributed by atoms with Crippen molar-refractivity contribution in [1.82, 2.24) is 9.78 Å². The van der Waals surface area contributed by atoms with E-state index in [1.165, 1.54) is 42.2 Å². The third-order valence-corrected chi connectivity index (χ3v) is 3.39. The number of carbonyl (C=O) groups excluding carboxylic acids is 1. The van der Waals surface area contributed by atoms with Gasteiger partial charge in [-0.1, -0.05) is 12.1 Å². The normalized spacial score (nSPS) is 12.0. The van der Waals surface area contributed by atoms with Gasteiger partial charge in [-0.15, -0.1) is 0 Å². The molecule has 0 atom stereocenters. The maximum Gasteiger partial charge on any atom is 0.452 e. The van der Waals surface area contributed by atoms with Gasteiger partial charge in [-0.2, -0.15) is 18.3 Å². The number of hydrogen-bond acceptors (Lipinski definition) is 5. The lowest BCUT2D eigenvalue weighted by molar-refractivity contribution is -0.132. The molecule has 0 amide bonds. The number of halogens is 4. The second-order valence-corrected chi connectivity index (χ2v) is 5.41. The van der Waals surface area contributed by atoms with Crippen molar-refractivity contribution in [2.45, 2.75) is 26.6 Å². The van der Waals surface area contributed by atoms with Gasteiger partial charge < -0.3 is 14.2 Å². The first kappa shape index (κ1) is 21.3. The molecule has 0 unspecified atom stereocenters. The molecular formula is C18H18F4N2O4. The summed E-state index contributed by atoms with van der Waals surface area (Å²) in [4.78, 5) is 11.6. The van der Waals surface area contributed by atoms with Crippen molar-refractivity contribution in [2.75, 3.05) is 13.2 Å². The van der Waals surface area contributed by atoms with Crippen molar-refractivity contribution in [1.29, 1.82) is 0 Å². The number of aromatic nitrogens is 2. The van der Waals surface area contributed by atoms with Gasteiger partial charge in [-0.3, -0.25) is 4.68 Å². The van der Waals surface area contributed by atoms with E-state index >= 15 is 0 Å². The summed E-state index contributed by atoms with van der Waals surface area (Å²) < 4.78 is 68.4. The van der Waals surface area contributed by atoms with Crippen LogP contribution in [0.4, 0.5) is 17.6 Å². The van der Waals surface area contributed by atoms with Gasteiger partial charge in [-0.25, -0.2) is 9.18 Å². The predicted octanol–water partition coefficient (Wildman–Crippen LogP) is 4.07. The van der Waals surface area contributed by atoms with E-state index in [1.807, 2.05) is 0 Å². The number of carbonyl (C=O) groups is 1. The zero-order valence-electron chi connectivity index (χ0n) is 15.1. The van der Waals surface area contributed by atoms with Crippen LogP contribution in [-0.4, -0.2) is 35.1 Å². The average Bonchev–Trinajstić information content (AvgIpc) is 3.09. The molecule has 0 saturated heterocycles. The Morgan fingerprint density at radius 2 is 1.93 bits per heavy atom. The van der Waals surface area contributed by atoms with Gasteiger partial charge in [0.1, 0.15) is 6.26 Å². The van der Waals surface area contributed by atoms with E-state index in [-0.39, 0.29) is 30.9 Å². The van der Waals surface area contributed by atoms with Crippen LogP contribution < -0.4 is 4.74 Å². The number of esters is 1. The minimum absolute atomic E-state index is 0.0657. The second kappa shape index (κ2) is 9.25. The number of hydrogen-bond donors (Lipinski definition) is 0. The Morgan fingerprint density at radius 1 is 1.21 bits per heavy atom. The number of allylic oxidation sites excluding steroid dienone is 1. The molecule has 0 N–H and O–H groups in total. The molecule has 0 aliphatic heterocycles. The van der Waals surface area contributed by atoms with Crippen LogP contribution in [0.1, 0.15) is 29.8 Å². The van der Waals surface area contributed by atoms with Crippen LogP contribution in [0.15, 0.2) is 42.6 Å². The lowest BCUT2D eigenvalue weighted by Crippen LogP contribution is -2.16. The summed E-state index contributed by atoms with van der Waals surface area (Å²) in [5, 5.41) is 3.94. The van der Waals surface area contributed by atoms with Crippen molar-refractivity contribution in [3.8, 4) is 5.75 Å². The van der Waals surface area contributed by atoms with E-state index in [9.17, 15) is 22.4 Å². The summed E-state index contributed by atoms with van der Waals surface area (Å²) >= 11 is 0. The molecule has 1 aromatic heterocycles. The Hall–Kier alpha value is -3.04. The van der Waals surface area contributed by atoms with E-state index in [2.05, 4.69) is 9.84 Å². The highest BCUT2D eigenvalue weighted by Gasteiger charge is 2.36. The highest BCUT2D eigenvalue weighted by Crippen LogP contribution is 2.28. The van der Waals surface area contributed by atoms with Crippen molar-refractivity contribution in [2.24, 2.45) is 0 Å². The Balaban J connectivity index is 2.18. The van der Waals surface area contributed by atoms with Gasteiger partial charge in [0.05, 0.1) is 31.5 Å². The van der Waals surface area contributed by atoms with Crippen LogP contribution in [-0.2, 0) is 16.0 Å². The maximum atomic E-state index is 14.6. The first-order chi connectivity index (χ1) is 13.3. The summed E-state index contributed by atoms with van der Waals surface area (Å²) in [5.74, 6) is -3.19. The SMILES string of the molecule is CCOC(=O)c1cnn(Cc2cccc(O/C=C(\OCC)C(F)(F)F)c2F)c1. The number of benzene rings is 1. The summed E-state index contributed by atoms with van der Waals surface area (Å²) in [6, 6.07) is 4.03. The molecular weight excluding hydrogens is 384 g/mol. The van der Waals surface area contributed by atoms with E-state index in [1.54, 1.807) is 6.92 Å². The molecule has 2 rings (SSSR count). The summed E-state index contributed by atoms with van der Waals surface area (Å²) in [5.41, 5.74) is 0.304. The number of rotatable bonds is 8. The second-order valence-electron chi connectivity index (χ2n) is 5.41. The van der Waals surface area contributed by atoms with Crippen molar-refractivity contribution < 1.29 is 36.6 Å². The Kier molecular flexibility index (Phi) is 7.02. The van der Waals surface area contributed by atoms with E-state index in [4.69, 9.17) is 9.47 Å². The molecule has 0 bridgehead atoms. The summed E-state index contributed by atoms with van der Waals surface area (Å²) in [7, 11) is 0. The first-order valence-corrected chi connectivity index (χ1v) is 8.30. The largest absolute Gasteiger partial charge is 0.487 e. The fourth-order valence-electron chi connectivity index (χ4n) is 2.17. The van der Waals surface area contributed by atoms with Crippen LogP contribution in [0.2, 0.25) is 0 Å². The molecule has 0 radical (unpaired) electrons. The number of ether oxygens (including phenoxy) is 3. The van der Waals surface area contributed by atoms with Crippen LogP contribution in [0.3, 0.4) is 0 Å². The van der Waals surface area contributed by atoms with E-state index in [0.717, 1.165) is 0 Å². The van der Waals surface area contributed by atoms with Gasteiger partial charge in [0.25, 0.3) is 0 Å². The topological polar surface area (TPSA) is 62.6 Å². The molecule has 152 valence electrons. The van der Waals surface area contributed by atoms with Crippen LogP contribution in [0.25, 0.3) is 0 Å². The van der Waals surface area contributed by atoms with Crippen molar-refractivity contribution in [3.63, 3.8) is 0 Å². The molecule has 2 aromatic rings. The first-order valence-electron chi connectivity index (χ1n) is 8.30. The zero-order chi connectivity index (χ0) is 20.7. The smallest absolute Gasteiger partial charge is 0.452 e. The van der Waals surface area contributed by atoms with Gasteiger partial charge in [0.15, 0.2) is 11.6 Å². The Morgan fingerprint density at radius 3 is 2.57 bits per heavy atom. The molecule has 1 heterocycles. The molecule has 1 aromatic carbocycles. The monoisotopic (exact) mass is 402 g/mol. The minimum atomic E-state index is -4.76. The van der Waals surface area contributed by atoms with E-state index < -0.39 is 29.5 Å². The zero-order valence-corrected chi connectivity index (χ0v) is 15.1. The van der Waals surface area contributed by atoms with Crippen LogP contribution in [0.5, 0.6) is 5.75 Å². The Bertz CT molecular complexity index is 846. The lowest BCUT2D eigenvalue weighted by Gasteiger charge is -2.13. The molecule has 0 saturated carbocycles. The lowest BCUT2D eigenvalue weighted by atomic mass is 10.2. The number of nitrogens with zero attached hydrogens (tertiary/aromatic N) is 2.